The number of aromatic nitrogens is 1. The van der Waals surface area contributed by atoms with Crippen molar-refractivity contribution in [2.75, 3.05) is 19.0 Å². The van der Waals surface area contributed by atoms with Crippen LogP contribution in [0.2, 0.25) is 0 Å². The molecular weight excluding hydrogens is 472 g/mol. The molecule has 35 heavy (non-hydrogen) atoms. The van der Waals surface area contributed by atoms with Gasteiger partial charge in [-0.1, -0.05) is 0 Å². The van der Waals surface area contributed by atoms with Crippen LogP contribution in [0, 0.1) is 24.0 Å². The lowest BCUT2D eigenvalue weighted by molar-refractivity contribution is -0.384. The lowest BCUT2D eigenvalue weighted by Gasteiger charge is -2.13. The summed E-state index contributed by atoms with van der Waals surface area (Å²) in [5.41, 5.74) is 2.55. The van der Waals surface area contributed by atoms with Crippen molar-refractivity contribution < 1.29 is 24.0 Å². The van der Waals surface area contributed by atoms with E-state index in [4.69, 9.17) is 4.74 Å². The number of nitrogens with one attached hydrogen (secondary N) is 1. The molecule has 10 nitrogen and oxygen atoms in total. The van der Waals surface area contributed by atoms with Crippen LogP contribution >= 0.6 is 11.3 Å². The number of hydrogen-bond acceptors (Lipinski definition) is 8. The second-order valence-electron chi connectivity index (χ2n) is 8.01. The van der Waals surface area contributed by atoms with Gasteiger partial charge in [-0.25, -0.2) is 4.98 Å². The van der Waals surface area contributed by atoms with Gasteiger partial charge in [0.2, 0.25) is 5.91 Å². The average molecular weight is 495 g/mol. The van der Waals surface area contributed by atoms with Gasteiger partial charge in [0.1, 0.15) is 5.75 Å². The molecule has 180 valence electrons. The number of nitro groups is 1. The molecule has 0 saturated heterocycles. The fourth-order valence-corrected chi connectivity index (χ4v) is 4.77. The number of fused-ring (bicyclic) bond motifs is 1. The molecule has 0 fully saturated rings. The summed E-state index contributed by atoms with van der Waals surface area (Å²) in [4.78, 5) is 54.4. The molecule has 11 heteroatoms. The summed E-state index contributed by atoms with van der Waals surface area (Å²) in [6.45, 7) is 3.90. The summed E-state index contributed by atoms with van der Waals surface area (Å²) in [6, 6.07) is 9.35. The zero-order chi connectivity index (χ0) is 25.3. The predicted octanol–water partition coefficient (Wildman–Crippen LogP) is 4.36. The van der Waals surface area contributed by atoms with Crippen molar-refractivity contribution in [1.29, 1.82) is 0 Å². The van der Waals surface area contributed by atoms with Crippen molar-refractivity contribution in [3.05, 3.63) is 68.1 Å². The molecular formula is C24H22N4O6S. The summed E-state index contributed by atoms with van der Waals surface area (Å²) in [6.07, 6.45) is 0.317. The van der Waals surface area contributed by atoms with Gasteiger partial charge in [-0.15, -0.1) is 11.3 Å². The van der Waals surface area contributed by atoms with Crippen LogP contribution in [-0.4, -0.2) is 46.2 Å². The Hall–Kier alpha value is -4.12. The van der Waals surface area contributed by atoms with Crippen molar-refractivity contribution in [3.63, 3.8) is 0 Å². The number of amides is 3. The molecule has 2 aromatic carbocycles. The highest BCUT2D eigenvalue weighted by Crippen LogP contribution is 2.33. The molecule has 2 heterocycles. The third-order valence-corrected chi connectivity index (χ3v) is 6.55. The maximum Gasteiger partial charge on any atom is 0.270 e. The quantitative estimate of drug-likeness (QED) is 0.280. The SMILES string of the molecule is COc1ccc(-c2nc(NC(=O)CCCN3C(=O)c4ccc([N+](=O)[O-])cc4C3=O)sc2C)cc1C. The van der Waals surface area contributed by atoms with Gasteiger partial charge in [-0.2, -0.15) is 0 Å². The molecule has 0 aliphatic carbocycles. The van der Waals surface area contributed by atoms with Crippen LogP contribution in [0.4, 0.5) is 10.8 Å². The van der Waals surface area contributed by atoms with E-state index in [1.807, 2.05) is 32.0 Å². The topological polar surface area (TPSA) is 132 Å². The Bertz CT molecular complexity index is 1370. The van der Waals surface area contributed by atoms with E-state index in [0.717, 1.165) is 38.4 Å². The largest absolute Gasteiger partial charge is 0.496 e. The number of methoxy groups -OCH3 is 1. The minimum atomic E-state index is -0.618. The Labute approximate surface area is 204 Å². The van der Waals surface area contributed by atoms with Crippen LogP contribution in [-0.2, 0) is 4.79 Å². The number of carbonyl (C=O) groups is 3. The molecule has 0 radical (unpaired) electrons. The molecule has 0 unspecified atom stereocenters. The van der Waals surface area contributed by atoms with Crippen LogP contribution in [0.15, 0.2) is 36.4 Å². The van der Waals surface area contributed by atoms with Crippen LogP contribution < -0.4 is 10.1 Å². The van der Waals surface area contributed by atoms with Crippen molar-refractivity contribution in [3.8, 4) is 17.0 Å². The predicted molar refractivity (Wildman–Crippen MR) is 130 cm³/mol. The molecule has 0 bridgehead atoms. The number of hydrogen-bond donors (Lipinski definition) is 1. The van der Waals surface area contributed by atoms with Crippen LogP contribution in [0.5, 0.6) is 5.75 Å². The lowest BCUT2D eigenvalue weighted by Crippen LogP contribution is -2.31. The van der Waals surface area contributed by atoms with E-state index in [0.29, 0.717) is 5.13 Å². The number of thiazole rings is 1. The van der Waals surface area contributed by atoms with Gasteiger partial charge in [-0.05, 0) is 50.1 Å². The summed E-state index contributed by atoms with van der Waals surface area (Å²) in [5, 5.41) is 14.2. The molecule has 0 spiro atoms. The maximum absolute atomic E-state index is 12.6. The Morgan fingerprint density at radius 1 is 1.14 bits per heavy atom. The van der Waals surface area contributed by atoms with Gasteiger partial charge >= 0.3 is 0 Å². The number of benzene rings is 2. The van der Waals surface area contributed by atoms with Crippen molar-refractivity contribution in [2.45, 2.75) is 26.7 Å². The molecule has 1 N–H and O–H groups in total. The van der Waals surface area contributed by atoms with E-state index >= 15 is 0 Å². The number of imide groups is 1. The monoisotopic (exact) mass is 494 g/mol. The third-order valence-electron chi connectivity index (χ3n) is 5.66. The second kappa shape index (κ2) is 9.63. The number of carbonyl (C=O) groups excluding carboxylic acids is 3. The van der Waals surface area contributed by atoms with E-state index in [9.17, 15) is 24.5 Å². The highest BCUT2D eigenvalue weighted by Gasteiger charge is 2.36. The van der Waals surface area contributed by atoms with Crippen molar-refractivity contribution in [1.82, 2.24) is 9.88 Å². The molecule has 3 amide bonds. The number of nitro benzene ring substituents is 1. The molecule has 0 atom stereocenters. The Morgan fingerprint density at radius 2 is 1.89 bits per heavy atom. The average Bonchev–Trinajstić information content (AvgIpc) is 3.30. The van der Waals surface area contributed by atoms with E-state index in [2.05, 4.69) is 10.3 Å². The molecule has 4 rings (SSSR count). The summed E-state index contributed by atoms with van der Waals surface area (Å²) in [7, 11) is 1.62. The van der Waals surface area contributed by atoms with Gasteiger partial charge in [-0.3, -0.25) is 29.4 Å². The third kappa shape index (κ3) is 4.76. The van der Waals surface area contributed by atoms with Crippen LogP contribution in [0.3, 0.4) is 0 Å². The lowest BCUT2D eigenvalue weighted by atomic mass is 10.1. The Balaban J connectivity index is 1.35. The van der Waals surface area contributed by atoms with Crippen LogP contribution in [0.1, 0.15) is 44.0 Å². The number of ether oxygens (including phenoxy) is 1. The minimum absolute atomic E-state index is 0.00760. The first-order valence-corrected chi connectivity index (χ1v) is 11.6. The van der Waals surface area contributed by atoms with E-state index < -0.39 is 16.7 Å². The molecule has 1 aromatic heterocycles. The highest BCUT2D eigenvalue weighted by atomic mass is 32.1. The normalized spacial score (nSPS) is 12.6. The molecule has 1 aliphatic heterocycles. The highest BCUT2D eigenvalue weighted by molar-refractivity contribution is 7.16. The van der Waals surface area contributed by atoms with Crippen molar-refractivity contribution >= 4 is 39.9 Å². The molecule has 3 aromatic rings. The summed E-state index contributed by atoms with van der Waals surface area (Å²) >= 11 is 1.36. The van der Waals surface area contributed by atoms with Gasteiger partial charge in [0, 0.05) is 35.5 Å². The zero-order valence-corrected chi connectivity index (χ0v) is 20.1. The first-order chi connectivity index (χ1) is 16.7. The molecule has 1 aliphatic rings. The fraction of sp³-hybridized carbons (Fsp3) is 0.250. The maximum atomic E-state index is 12.6. The van der Waals surface area contributed by atoms with Gasteiger partial charge in [0.05, 0.1) is 28.9 Å². The number of nitrogens with zero attached hydrogens (tertiary/aromatic N) is 3. The standard InChI is InChI=1S/C24H22N4O6S/c1-13-11-15(6-9-19(13)34-3)21-14(2)35-24(26-21)25-20(29)5-4-10-27-22(30)17-8-7-16(28(32)33)12-18(17)23(27)31/h6-9,11-12H,4-5,10H2,1-3H3,(H,25,26,29). The van der Waals surface area contributed by atoms with Gasteiger partial charge < -0.3 is 10.1 Å². The minimum Gasteiger partial charge on any atom is -0.496 e. The first kappa shape index (κ1) is 24.0. The molecule has 0 saturated carbocycles. The fourth-order valence-electron chi connectivity index (χ4n) is 3.92. The first-order valence-electron chi connectivity index (χ1n) is 10.8. The zero-order valence-electron chi connectivity index (χ0n) is 19.3. The number of aryl methyl sites for hydroxylation is 2. The van der Waals surface area contributed by atoms with Gasteiger partial charge in [0.25, 0.3) is 17.5 Å². The van der Waals surface area contributed by atoms with E-state index in [1.165, 1.54) is 23.5 Å². The van der Waals surface area contributed by atoms with Crippen LogP contribution in [0.25, 0.3) is 11.3 Å². The van der Waals surface area contributed by atoms with E-state index in [-0.39, 0.29) is 42.1 Å². The van der Waals surface area contributed by atoms with Gasteiger partial charge in [0.15, 0.2) is 5.13 Å². The number of rotatable bonds is 8. The Kier molecular flexibility index (Phi) is 6.61. The van der Waals surface area contributed by atoms with E-state index in [1.54, 1.807) is 7.11 Å². The summed E-state index contributed by atoms with van der Waals surface area (Å²) < 4.78 is 5.30. The second-order valence-corrected chi connectivity index (χ2v) is 9.21. The number of anilines is 1. The Morgan fingerprint density at radius 3 is 2.57 bits per heavy atom. The summed E-state index contributed by atoms with van der Waals surface area (Å²) in [5.74, 6) is -0.616. The number of non-ortho nitro benzene ring substituents is 1. The van der Waals surface area contributed by atoms with Crippen molar-refractivity contribution in [2.24, 2.45) is 0 Å². The smallest absolute Gasteiger partial charge is 0.270 e.